The van der Waals surface area contributed by atoms with Gasteiger partial charge in [-0.3, -0.25) is 14.3 Å². The van der Waals surface area contributed by atoms with Crippen LogP contribution in [0.4, 0.5) is 0 Å². The molecule has 0 aliphatic heterocycles. The fraction of sp³-hybridized carbons (Fsp3) is 0.444. The molecule has 0 aromatic carbocycles. The van der Waals surface area contributed by atoms with Crippen molar-refractivity contribution in [2.24, 2.45) is 18.9 Å². The van der Waals surface area contributed by atoms with Crippen LogP contribution in [-0.4, -0.2) is 26.6 Å². The van der Waals surface area contributed by atoms with E-state index in [1.165, 1.54) is 10.9 Å². The van der Waals surface area contributed by atoms with Gasteiger partial charge in [0.25, 0.3) is 0 Å². The summed E-state index contributed by atoms with van der Waals surface area (Å²) in [5.74, 6) is -1.81. The number of nitrogens with zero attached hydrogens (tertiary/aromatic N) is 2. The average Bonchev–Trinajstić information content (AvgIpc) is 2.82. The van der Waals surface area contributed by atoms with Crippen LogP contribution in [0.2, 0.25) is 0 Å². The van der Waals surface area contributed by atoms with Gasteiger partial charge in [0.2, 0.25) is 0 Å². The van der Waals surface area contributed by atoms with E-state index in [1.807, 2.05) is 0 Å². The normalized spacial score (nSPS) is 24.6. The van der Waals surface area contributed by atoms with Crippen molar-refractivity contribution in [3.63, 3.8) is 0 Å². The molecule has 74 valence electrons. The van der Waals surface area contributed by atoms with Crippen molar-refractivity contribution < 1.29 is 14.7 Å². The number of Topliss-reactive ketones (excluding diaryl/α,β-unsaturated/α-hetero) is 1. The van der Waals surface area contributed by atoms with Crippen molar-refractivity contribution in [3.8, 4) is 0 Å². The summed E-state index contributed by atoms with van der Waals surface area (Å²) >= 11 is 0. The van der Waals surface area contributed by atoms with Crippen LogP contribution in [0.3, 0.4) is 0 Å². The Kier molecular flexibility index (Phi) is 1.87. The predicted octanol–water partition coefficient (Wildman–Crippen LogP) is 0.323. The molecule has 0 radical (unpaired) electrons. The molecule has 0 saturated heterocycles. The lowest BCUT2D eigenvalue weighted by Crippen LogP contribution is -2.07. The van der Waals surface area contributed by atoms with Crippen LogP contribution in [0.5, 0.6) is 0 Å². The molecule has 0 amide bonds. The summed E-state index contributed by atoms with van der Waals surface area (Å²) in [6, 6.07) is 0. The van der Waals surface area contributed by atoms with E-state index in [9.17, 15) is 9.59 Å². The molecule has 2 atom stereocenters. The van der Waals surface area contributed by atoms with Gasteiger partial charge in [-0.25, -0.2) is 0 Å². The first-order valence-electron chi connectivity index (χ1n) is 4.35. The summed E-state index contributed by atoms with van der Waals surface area (Å²) in [6.07, 6.45) is 3.54. The number of carbonyl (C=O) groups is 2. The van der Waals surface area contributed by atoms with Crippen molar-refractivity contribution in [1.29, 1.82) is 0 Å². The highest BCUT2D eigenvalue weighted by Gasteiger charge is 2.48. The van der Waals surface area contributed by atoms with Crippen LogP contribution in [0.1, 0.15) is 16.8 Å². The number of aromatic nitrogens is 2. The van der Waals surface area contributed by atoms with E-state index in [0.717, 1.165) is 0 Å². The molecule has 1 aromatic heterocycles. The number of rotatable bonds is 3. The maximum Gasteiger partial charge on any atom is 0.307 e. The summed E-state index contributed by atoms with van der Waals surface area (Å²) in [5, 5.41) is 12.5. The third-order valence-electron chi connectivity index (χ3n) is 2.43. The molecule has 1 aliphatic carbocycles. The highest BCUT2D eigenvalue weighted by Crippen LogP contribution is 2.40. The Morgan fingerprint density at radius 3 is 2.71 bits per heavy atom. The van der Waals surface area contributed by atoms with Crippen LogP contribution in [0, 0.1) is 11.8 Å². The summed E-state index contributed by atoms with van der Waals surface area (Å²) in [5.41, 5.74) is 0.501. The quantitative estimate of drug-likeness (QED) is 0.703. The summed E-state index contributed by atoms with van der Waals surface area (Å²) in [4.78, 5) is 22.2. The molecule has 14 heavy (non-hydrogen) atoms. The molecule has 1 aliphatic rings. The molecule has 1 fully saturated rings. The Morgan fingerprint density at radius 2 is 2.29 bits per heavy atom. The highest BCUT2D eigenvalue weighted by molar-refractivity contribution is 6.02. The molecule has 1 heterocycles. The third-order valence-corrected chi connectivity index (χ3v) is 2.43. The summed E-state index contributed by atoms with van der Waals surface area (Å²) in [6.45, 7) is 0. The van der Waals surface area contributed by atoms with Gasteiger partial charge in [0.1, 0.15) is 0 Å². The molecule has 1 saturated carbocycles. The van der Waals surface area contributed by atoms with Gasteiger partial charge in [-0.2, -0.15) is 5.10 Å². The van der Waals surface area contributed by atoms with Crippen molar-refractivity contribution in [3.05, 3.63) is 18.0 Å². The van der Waals surface area contributed by atoms with E-state index in [1.54, 1.807) is 13.2 Å². The van der Waals surface area contributed by atoms with E-state index in [-0.39, 0.29) is 11.7 Å². The molecule has 0 bridgehead atoms. The van der Waals surface area contributed by atoms with E-state index >= 15 is 0 Å². The Balaban J connectivity index is 2.08. The lowest BCUT2D eigenvalue weighted by molar-refractivity contribution is -0.138. The van der Waals surface area contributed by atoms with Gasteiger partial charge in [-0.1, -0.05) is 0 Å². The van der Waals surface area contributed by atoms with Gasteiger partial charge in [-0.05, 0) is 6.42 Å². The lowest BCUT2D eigenvalue weighted by Gasteiger charge is -1.92. The third kappa shape index (κ3) is 1.41. The fourth-order valence-electron chi connectivity index (χ4n) is 1.52. The molecule has 2 rings (SSSR count). The molecular weight excluding hydrogens is 184 g/mol. The minimum Gasteiger partial charge on any atom is -0.481 e. The Labute approximate surface area is 80.3 Å². The molecular formula is C9H10N2O3. The number of carbonyl (C=O) groups excluding carboxylic acids is 1. The number of ketones is 1. The SMILES string of the molecule is Cn1cc(C(=O)C2CC2C(=O)O)cn1. The number of carboxylic acid groups (broad SMARTS) is 1. The maximum absolute atomic E-state index is 11.6. The van der Waals surface area contributed by atoms with E-state index in [2.05, 4.69) is 5.10 Å². The molecule has 0 spiro atoms. The number of hydrogen-bond donors (Lipinski definition) is 1. The second-order valence-corrected chi connectivity index (χ2v) is 3.55. The predicted molar refractivity (Wildman–Crippen MR) is 46.8 cm³/mol. The van der Waals surface area contributed by atoms with Gasteiger partial charge in [0, 0.05) is 19.2 Å². The monoisotopic (exact) mass is 194 g/mol. The van der Waals surface area contributed by atoms with Crippen molar-refractivity contribution in [2.75, 3.05) is 0 Å². The smallest absolute Gasteiger partial charge is 0.307 e. The Morgan fingerprint density at radius 1 is 1.57 bits per heavy atom. The van der Waals surface area contributed by atoms with Crippen LogP contribution in [-0.2, 0) is 11.8 Å². The highest BCUT2D eigenvalue weighted by atomic mass is 16.4. The zero-order chi connectivity index (χ0) is 10.3. The van der Waals surface area contributed by atoms with Crippen LogP contribution < -0.4 is 0 Å². The standard InChI is InChI=1S/C9H10N2O3/c1-11-4-5(3-10-11)8(12)6-2-7(6)9(13)14/h3-4,6-7H,2H2,1H3,(H,13,14). The van der Waals surface area contributed by atoms with Crippen LogP contribution in [0.15, 0.2) is 12.4 Å². The van der Waals surface area contributed by atoms with Gasteiger partial charge >= 0.3 is 5.97 Å². The minimum absolute atomic E-state index is 0.106. The maximum atomic E-state index is 11.6. The number of aryl methyl sites for hydroxylation is 1. The van der Waals surface area contributed by atoms with Crippen LogP contribution in [0.25, 0.3) is 0 Å². The van der Waals surface area contributed by atoms with Gasteiger partial charge in [-0.15, -0.1) is 0 Å². The first-order chi connectivity index (χ1) is 6.59. The van der Waals surface area contributed by atoms with Gasteiger partial charge < -0.3 is 5.11 Å². The van der Waals surface area contributed by atoms with E-state index < -0.39 is 11.9 Å². The number of aliphatic carboxylic acids is 1. The molecule has 1 N–H and O–H groups in total. The average molecular weight is 194 g/mol. The van der Waals surface area contributed by atoms with Gasteiger partial charge in [0.05, 0.1) is 17.7 Å². The molecule has 1 aromatic rings. The van der Waals surface area contributed by atoms with Crippen molar-refractivity contribution in [2.45, 2.75) is 6.42 Å². The first kappa shape index (κ1) is 8.93. The number of hydrogen-bond acceptors (Lipinski definition) is 3. The minimum atomic E-state index is -0.882. The molecule has 5 nitrogen and oxygen atoms in total. The van der Waals surface area contributed by atoms with Crippen molar-refractivity contribution in [1.82, 2.24) is 9.78 Å². The van der Waals surface area contributed by atoms with Crippen molar-refractivity contribution >= 4 is 11.8 Å². The lowest BCUT2D eigenvalue weighted by atomic mass is 10.1. The first-order valence-corrected chi connectivity index (χ1v) is 4.35. The van der Waals surface area contributed by atoms with Gasteiger partial charge in [0.15, 0.2) is 5.78 Å². The second-order valence-electron chi connectivity index (χ2n) is 3.55. The summed E-state index contributed by atoms with van der Waals surface area (Å²) < 4.78 is 1.53. The molecule has 2 unspecified atom stereocenters. The summed E-state index contributed by atoms with van der Waals surface area (Å²) in [7, 11) is 1.72. The molecule has 5 heteroatoms. The zero-order valence-corrected chi connectivity index (χ0v) is 7.67. The topological polar surface area (TPSA) is 72.2 Å². The van der Waals surface area contributed by atoms with E-state index in [4.69, 9.17) is 5.11 Å². The largest absolute Gasteiger partial charge is 0.481 e. The Hall–Kier alpha value is -1.65. The number of carboxylic acids is 1. The fourth-order valence-corrected chi connectivity index (χ4v) is 1.52. The zero-order valence-electron chi connectivity index (χ0n) is 7.67. The Bertz CT molecular complexity index is 397. The second kappa shape index (κ2) is 2.94. The van der Waals surface area contributed by atoms with E-state index in [0.29, 0.717) is 12.0 Å². The van der Waals surface area contributed by atoms with Crippen LogP contribution >= 0.6 is 0 Å².